The Morgan fingerprint density at radius 1 is 0.812 bits per heavy atom. The van der Waals surface area contributed by atoms with Crippen molar-refractivity contribution in [1.82, 2.24) is 5.01 Å². The summed E-state index contributed by atoms with van der Waals surface area (Å²) in [5.74, 6) is -0.103. The highest BCUT2D eigenvalue weighted by Crippen LogP contribution is 2.13. The first-order valence-electron chi connectivity index (χ1n) is 6.48. The van der Waals surface area contributed by atoms with Crippen LogP contribution in [-0.2, 0) is 4.79 Å². The summed E-state index contributed by atoms with van der Waals surface area (Å²) in [5, 5.41) is 3.92. The van der Waals surface area contributed by atoms with Crippen molar-refractivity contribution in [3.05, 3.63) is 4.91 Å². The minimum atomic E-state index is -0.103. The fraction of sp³-hybridized carbons (Fsp3) is 0.917. The highest BCUT2D eigenvalue weighted by molar-refractivity contribution is 5.75. The molecule has 16 heavy (non-hydrogen) atoms. The normalized spacial score (nSPS) is 21.8. The summed E-state index contributed by atoms with van der Waals surface area (Å²) in [5.41, 5.74) is 0. The van der Waals surface area contributed by atoms with E-state index in [4.69, 9.17) is 0 Å². The van der Waals surface area contributed by atoms with Gasteiger partial charge in [-0.05, 0) is 12.8 Å². The van der Waals surface area contributed by atoms with Crippen LogP contribution in [0.15, 0.2) is 5.29 Å². The Hall–Kier alpha value is -0.930. The maximum atomic E-state index is 11.6. The van der Waals surface area contributed by atoms with Crippen molar-refractivity contribution in [2.24, 2.45) is 5.29 Å². The molecular formula is C12H22N2O2. The fourth-order valence-electron chi connectivity index (χ4n) is 2.12. The summed E-state index contributed by atoms with van der Waals surface area (Å²) in [6, 6.07) is 0. The zero-order valence-corrected chi connectivity index (χ0v) is 9.99. The molecule has 0 aliphatic carbocycles. The van der Waals surface area contributed by atoms with Crippen LogP contribution in [0.1, 0.15) is 64.2 Å². The van der Waals surface area contributed by atoms with Gasteiger partial charge in [-0.1, -0.05) is 44.9 Å². The van der Waals surface area contributed by atoms with Gasteiger partial charge in [0.2, 0.25) is 5.91 Å². The molecule has 1 aliphatic heterocycles. The van der Waals surface area contributed by atoms with Crippen LogP contribution in [0, 0.1) is 4.91 Å². The van der Waals surface area contributed by atoms with Gasteiger partial charge in [-0.15, -0.1) is 4.91 Å². The van der Waals surface area contributed by atoms with Gasteiger partial charge in [-0.25, -0.2) is 0 Å². The third-order valence-electron chi connectivity index (χ3n) is 3.15. The van der Waals surface area contributed by atoms with Crippen LogP contribution in [0.3, 0.4) is 0 Å². The molecule has 1 fully saturated rings. The number of nitrogens with zero attached hydrogens (tertiary/aromatic N) is 2. The van der Waals surface area contributed by atoms with E-state index in [9.17, 15) is 9.70 Å². The second-order valence-electron chi connectivity index (χ2n) is 4.53. The molecule has 0 aromatic rings. The highest BCUT2D eigenvalue weighted by atomic mass is 16.3. The number of carbonyl (C=O) groups excluding carboxylic acids is 1. The molecule has 4 nitrogen and oxygen atoms in total. The Kier molecular flexibility index (Phi) is 6.77. The van der Waals surface area contributed by atoms with Crippen LogP contribution >= 0.6 is 0 Å². The largest absolute Gasteiger partial charge is 0.273 e. The molecule has 0 bridgehead atoms. The van der Waals surface area contributed by atoms with E-state index in [0.717, 1.165) is 30.7 Å². The number of hydrogen-bond acceptors (Lipinski definition) is 3. The Morgan fingerprint density at radius 2 is 1.31 bits per heavy atom. The van der Waals surface area contributed by atoms with Crippen molar-refractivity contribution < 1.29 is 4.79 Å². The number of nitroso groups, excluding NO2 is 1. The van der Waals surface area contributed by atoms with E-state index < -0.39 is 0 Å². The predicted molar refractivity (Wildman–Crippen MR) is 63.7 cm³/mol. The smallest absolute Gasteiger partial charge is 0.245 e. The lowest BCUT2D eigenvalue weighted by Crippen LogP contribution is -2.26. The number of carbonyl (C=O) groups is 1. The SMILES string of the molecule is O=NN1CCCCCCCCCCCC1=O. The summed E-state index contributed by atoms with van der Waals surface area (Å²) < 4.78 is 0. The van der Waals surface area contributed by atoms with E-state index in [1.165, 1.54) is 32.1 Å². The summed E-state index contributed by atoms with van der Waals surface area (Å²) >= 11 is 0. The zero-order chi connectivity index (χ0) is 11.6. The average Bonchev–Trinajstić information content (AvgIpc) is 2.31. The second-order valence-corrected chi connectivity index (χ2v) is 4.53. The summed E-state index contributed by atoms with van der Waals surface area (Å²) in [6.07, 6.45) is 10.8. The number of amides is 1. The molecule has 1 rings (SSSR count). The van der Waals surface area contributed by atoms with Crippen molar-refractivity contribution in [3.63, 3.8) is 0 Å². The van der Waals surface area contributed by atoms with E-state index in [2.05, 4.69) is 5.29 Å². The van der Waals surface area contributed by atoms with Crippen LogP contribution in [-0.4, -0.2) is 17.5 Å². The molecule has 4 heteroatoms. The van der Waals surface area contributed by atoms with E-state index in [1.54, 1.807) is 0 Å². The standard InChI is InChI=1S/C12H22N2O2/c15-12-10-8-6-4-2-1-3-5-7-9-11-14(12)13-16/h1-11H2. The van der Waals surface area contributed by atoms with E-state index >= 15 is 0 Å². The fourth-order valence-corrected chi connectivity index (χ4v) is 2.12. The molecule has 0 aromatic heterocycles. The maximum Gasteiger partial charge on any atom is 0.245 e. The van der Waals surface area contributed by atoms with Crippen molar-refractivity contribution in [3.8, 4) is 0 Å². The van der Waals surface area contributed by atoms with Crippen LogP contribution in [0.25, 0.3) is 0 Å². The van der Waals surface area contributed by atoms with Crippen LogP contribution in [0.5, 0.6) is 0 Å². The third kappa shape index (κ3) is 5.24. The lowest BCUT2D eigenvalue weighted by molar-refractivity contribution is -0.131. The summed E-state index contributed by atoms with van der Waals surface area (Å²) in [6.45, 7) is 0.502. The quantitative estimate of drug-likeness (QED) is 0.643. The number of rotatable bonds is 1. The van der Waals surface area contributed by atoms with Crippen LogP contribution in [0.2, 0.25) is 0 Å². The molecule has 0 aromatic carbocycles. The molecule has 1 saturated heterocycles. The molecule has 0 N–H and O–H groups in total. The summed E-state index contributed by atoms with van der Waals surface area (Å²) in [7, 11) is 0. The molecule has 0 saturated carbocycles. The van der Waals surface area contributed by atoms with Crippen molar-refractivity contribution in [2.45, 2.75) is 64.2 Å². The molecule has 1 amide bonds. The predicted octanol–water partition coefficient (Wildman–Crippen LogP) is 3.41. The van der Waals surface area contributed by atoms with Gasteiger partial charge in [0.15, 0.2) is 0 Å². The van der Waals surface area contributed by atoms with Gasteiger partial charge >= 0.3 is 0 Å². The highest BCUT2D eigenvalue weighted by Gasteiger charge is 2.13. The monoisotopic (exact) mass is 226 g/mol. The number of hydrogen-bond donors (Lipinski definition) is 0. The lowest BCUT2D eigenvalue weighted by atomic mass is 10.1. The van der Waals surface area contributed by atoms with E-state index in [0.29, 0.717) is 13.0 Å². The van der Waals surface area contributed by atoms with Gasteiger partial charge < -0.3 is 0 Å². The first-order valence-corrected chi connectivity index (χ1v) is 6.48. The van der Waals surface area contributed by atoms with Crippen molar-refractivity contribution in [1.29, 1.82) is 0 Å². The Morgan fingerprint density at radius 3 is 1.88 bits per heavy atom. The average molecular weight is 226 g/mol. The van der Waals surface area contributed by atoms with E-state index in [1.807, 2.05) is 0 Å². The van der Waals surface area contributed by atoms with Gasteiger partial charge in [0.1, 0.15) is 0 Å². The van der Waals surface area contributed by atoms with Gasteiger partial charge in [0.05, 0.1) is 5.29 Å². The topological polar surface area (TPSA) is 49.7 Å². The van der Waals surface area contributed by atoms with Gasteiger partial charge in [-0.2, -0.15) is 5.01 Å². The molecule has 1 heterocycles. The maximum absolute atomic E-state index is 11.6. The molecular weight excluding hydrogens is 204 g/mol. The zero-order valence-electron chi connectivity index (χ0n) is 9.99. The lowest BCUT2D eigenvalue weighted by Gasteiger charge is -2.12. The molecule has 0 radical (unpaired) electrons. The van der Waals surface area contributed by atoms with Crippen LogP contribution < -0.4 is 0 Å². The van der Waals surface area contributed by atoms with Gasteiger partial charge in [-0.3, -0.25) is 4.79 Å². The van der Waals surface area contributed by atoms with Gasteiger partial charge in [0, 0.05) is 13.0 Å². The van der Waals surface area contributed by atoms with Crippen molar-refractivity contribution >= 4 is 5.91 Å². The Labute approximate surface area is 97.3 Å². The molecule has 0 unspecified atom stereocenters. The Balaban J connectivity index is 2.36. The molecule has 0 spiro atoms. The van der Waals surface area contributed by atoms with Crippen LogP contribution in [0.4, 0.5) is 0 Å². The molecule has 92 valence electrons. The second kappa shape index (κ2) is 8.25. The third-order valence-corrected chi connectivity index (χ3v) is 3.15. The Bertz CT molecular complexity index is 219. The van der Waals surface area contributed by atoms with Crippen molar-refractivity contribution in [2.75, 3.05) is 6.54 Å². The summed E-state index contributed by atoms with van der Waals surface area (Å²) in [4.78, 5) is 22.1. The minimum absolute atomic E-state index is 0.103. The van der Waals surface area contributed by atoms with Gasteiger partial charge in [0.25, 0.3) is 0 Å². The first-order chi connectivity index (χ1) is 7.84. The first kappa shape index (κ1) is 13.1. The molecule has 1 aliphatic rings. The minimum Gasteiger partial charge on any atom is -0.273 e. The van der Waals surface area contributed by atoms with E-state index in [-0.39, 0.29) is 5.91 Å². The molecule has 0 atom stereocenters.